The molecule has 0 amide bonds. The molecular formula is C52H42O5Si2. The molecule has 8 aromatic rings. The van der Waals surface area contributed by atoms with Crippen LogP contribution in [0.15, 0.2) is 231 Å². The quantitative estimate of drug-likeness (QED) is 0.0872. The smallest absolute Gasteiger partial charge is 0.257 e. The predicted molar refractivity (Wildman–Crippen MR) is 235 cm³/mol. The molecule has 4 N–H and O–H groups in total. The van der Waals surface area contributed by atoms with Gasteiger partial charge in [0.15, 0.2) is 22.4 Å². The number of aliphatic hydroxyl groups is 4. The van der Waals surface area contributed by atoms with E-state index < -0.39 is 22.4 Å². The molecule has 0 aliphatic heterocycles. The van der Waals surface area contributed by atoms with Crippen LogP contribution in [0.3, 0.4) is 0 Å². The summed E-state index contributed by atoms with van der Waals surface area (Å²) in [5.41, 5.74) is -3.75. The van der Waals surface area contributed by atoms with Gasteiger partial charge in [-0.25, -0.2) is 0 Å². The molecule has 0 saturated heterocycles. The lowest BCUT2D eigenvalue weighted by Gasteiger charge is -2.46. The van der Waals surface area contributed by atoms with Gasteiger partial charge in [0.2, 0.25) is 0 Å². The van der Waals surface area contributed by atoms with E-state index in [1.807, 2.05) is 231 Å². The first-order valence-corrected chi connectivity index (χ1v) is 21.2. The van der Waals surface area contributed by atoms with E-state index in [1.165, 1.54) is 0 Å². The van der Waals surface area contributed by atoms with E-state index in [0.717, 1.165) is 0 Å². The van der Waals surface area contributed by atoms with E-state index in [-0.39, 0.29) is 19.5 Å². The van der Waals surface area contributed by atoms with Gasteiger partial charge in [0.05, 0.1) is 0 Å². The van der Waals surface area contributed by atoms with Crippen molar-refractivity contribution in [1.29, 1.82) is 0 Å². The molecular weight excluding hydrogens is 761 g/mol. The predicted octanol–water partition coefficient (Wildman–Crippen LogP) is 7.24. The van der Waals surface area contributed by atoms with E-state index in [9.17, 15) is 20.4 Å². The highest BCUT2D eigenvalue weighted by Crippen LogP contribution is 2.50. The molecule has 8 aromatic carbocycles. The third-order valence-corrected chi connectivity index (χ3v) is 13.3. The van der Waals surface area contributed by atoms with Gasteiger partial charge in [0.1, 0.15) is 0 Å². The second-order valence-corrected chi connectivity index (χ2v) is 16.7. The Morgan fingerprint density at radius 1 is 0.254 bits per heavy atom. The van der Waals surface area contributed by atoms with Crippen LogP contribution in [0.5, 0.6) is 0 Å². The summed E-state index contributed by atoms with van der Waals surface area (Å²) >= 11 is 0. The van der Waals surface area contributed by atoms with E-state index in [0.29, 0.717) is 54.9 Å². The van der Waals surface area contributed by atoms with Crippen LogP contribution in [0, 0.1) is 0 Å². The maximum Gasteiger partial charge on any atom is 0.257 e. The summed E-state index contributed by atoms with van der Waals surface area (Å²) in [4.78, 5) is 0. The first-order valence-electron chi connectivity index (χ1n) is 19.4. The standard InChI is InChI=1S/C52H42O5Si2/c53-49(39-23-7-1-8-24-39,40-25-9-2-10-26-40)51(55,43-31-15-5-16-32-43)45-35-19-21-37-47(45)58-57-59-48-38-22-20-36-46(48)52(56,44-33-17-6-18-34-44)50(54,41-27-11-3-12-28-41)42-29-13-4-14-30-42/h1-38,53-56H. The van der Waals surface area contributed by atoms with Crippen molar-refractivity contribution in [2.45, 2.75) is 22.4 Å². The molecule has 0 aliphatic rings. The maximum atomic E-state index is 13.5. The summed E-state index contributed by atoms with van der Waals surface area (Å²) in [7, 11) is -0.565. The Hall–Kier alpha value is -6.01. The van der Waals surface area contributed by atoms with Crippen LogP contribution < -0.4 is 10.4 Å². The van der Waals surface area contributed by atoms with Gasteiger partial charge in [-0.3, -0.25) is 0 Å². The Bertz CT molecular complexity index is 2320. The zero-order valence-electron chi connectivity index (χ0n) is 32.1. The average molecular weight is 803 g/mol. The molecule has 5 nitrogen and oxygen atoms in total. The van der Waals surface area contributed by atoms with Gasteiger partial charge in [0.25, 0.3) is 19.5 Å². The third kappa shape index (κ3) is 7.03. The minimum Gasteiger partial charge on any atom is -0.450 e. The summed E-state index contributed by atoms with van der Waals surface area (Å²) in [6, 6.07) is 70.7. The SMILES string of the molecule is OC(c1ccccc1)(c1ccccc1)C(O)(c1ccccc1)c1ccccc1[Si]O[Si]c1ccccc1C(O)(c1ccccc1)C(O)(c1ccccc1)c1ccccc1. The van der Waals surface area contributed by atoms with Crippen LogP contribution in [0.1, 0.15) is 44.5 Å². The second-order valence-electron chi connectivity index (χ2n) is 14.4. The largest absolute Gasteiger partial charge is 0.450 e. The minimum atomic E-state index is -1.99. The van der Waals surface area contributed by atoms with E-state index >= 15 is 0 Å². The lowest BCUT2D eigenvalue weighted by atomic mass is 9.66. The van der Waals surface area contributed by atoms with Crippen molar-refractivity contribution in [3.8, 4) is 0 Å². The Morgan fingerprint density at radius 3 is 0.712 bits per heavy atom. The van der Waals surface area contributed by atoms with Crippen molar-refractivity contribution in [3.05, 3.63) is 275 Å². The summed E-state index contributed by atoms with van der Waals surface area (Å²) in [5, 5.41) is 54.9. The molecule has 0 heterocycles. The Balaban J connectivity index is 1.23. The zero-order valence-corrected chi connectivity index (χ0v) is 34.1. The van der Waals surface area contributed by atoms with Crippen molar-refractivity contribution in [3.63, 3.8) is 0 Å². The molecule has 0 bridgehead atoms. The molecule has 0 spiro atoms. The van der Waals surface area contributed by atoms with Gasteiger partial charge >= 0.3 is 0 Å². The van der Waals surface area contributed by atoms with Gasteiger partial charge in [-0.15, -0.1) is 0 Å². The molecule has 0 fully saturated rings. The van der Waals surface area contributed by atoms with Crippen molar-refractivity contribution in [2.75, 3.05) is 0 Å². The minimum absolute atomic E-state index is 0.283. The highest BCUT2D eigenvalue weighted by atomic mass is 28.3. The molecule has 4 radical (unpaired) electrons. The van der Waals surface area contributed by atoms with Crippen LogP contribution in [0.2, 0.25) is 0 Å². The summed E-state index contributed by atoms with van der Waals surface area (Å²) in [6.07, 6.45) is 0. The highest BCUT2D eigenvalue weighted by molar-refractivity contribution is 6.60. The van der Waals surface area contributed by atoms with Crippen molar-refractivity contribution in [1.82, 2.24) is 0 Å². The molecule has 0 saturated carbocycles. The molecule has 2 atom stereocenters. The summed E-state index contributed by atoms with van der Waals surface area (Å²) in [5.74, 6) is 0. The normalized spacial score (nSPS) is 13.9. The fourth-order valence-corrected chi connectivity index (χ4v) is 10.4. The first kappa shape index (κ1) is 39.8. The third-order valence-electron chi connectivity index (χ3n) is 11.2. The molecule has 288 valence electrons. The van der Waals surface area contributed by atoms with Crippen LogP contribution in [0.4, 0.5) is 0 Å². The van der Waals surface area contributed by atoms with E-state index in [4.69, 9.17) is 4.12 Å². The lowest BCUT2D eigenvalue weighted by molar-refractivity contribution is -0.112. The molecule has 8 rings (SSSR count). The topological polar surface area (TPSA) is 90.2 Å². The van der Waals surface area contributed by atoms with Crippen LogP contribution in [-0.4, -0.2) is 40.0 Å². The van der Waals surface area contributed by atoms with Crippen LogP contribution in [-0.2, 0) is 26.5 Å². The van der Waals surface area contributed by atoms with Crippen LogP contribution >= 0.6 is 0 Å². The lowest BCUT2D eigenvalue weighted by Crippen LogP contribution is -2.54. The van der Waals surface area contributed by atoms with Gasteiger partial charge < -0.3 is 24.5 Å². The van der Waals surface area contributed by atoms with Crippen molar-refractivity contribution in [2.24, 2.45) is 0 Å². The molecule has 59 heavy (non-hydrogen) atoms. The number of hydrogen-bond acceptors (Lipinski definition) is 5. The van der Waals surface area contributed by atoms with E-state index in [2.05, 4.69) is 0 Å². The maximum absolute atomic E-state index is 13.5. The molecule has 2 unspecified atom stereocenters. The van der Waals surface area contributed by atoms with E-state index in [1.54, 1.807) is 0 Å². The Labute approximate surface area is 350 Å². The molecule has 7 heteroatoms. The first-order chi connectivity index (χ1) is 28.8. The molecule has 0 aliphatic carbocycles. The summed E-state index contributed by atoms with van der Waals surface area (Å²) in [6.45, 7) is 0. The number of rotatable bonds is 14. The van der Waals surface area contributed by atoms with Crippen molar-refractivity contribution >= 4 is 29.9 Å². The van der Waals surface area contributed by atoms with Gasteiger partial charge in [-0.2, -0.15) is 0 Å². The average Bonchev–Trinajstić information content (AvgIpc) is 3.32. The second kappa shape index (κ2) is 17.1. The highest BCUT2D eigenvalue weighted by Gasteiger charge is 2.56. The van der Waals surface area contributed by atoms with Gasteiger partial charge in [-0.05, 0) is 54.9 Å². The summed E-state index contributed by atoms with van der Waals surface area (Å²) < 4.78 is 6.67. The van der Waals surface area contributed by atoms with Crippen molar-refractivity contribution < 1.29 is 24.5 Å². The monoisotopic (exact) mass is 802 g/mol. The van der Waals surface area contributed by atoms with Crippen LogP contribution in [0.25, 0.3) is 0 Å². The number of hydrogen-bond donors (Lipinski definition) is 4. The molecule has 0 aromatic heterocycles. The fraction of sp³-hybridized carbons (Fsp3) is 0.0769. The fourth-order valence-electron chi connectivity index (χ4n) is 8.27. The van der Waals surface area contributed by atoms with Gasteiger partial charge in [-0.1, -0.05) is 231 Å². The Morgan fingerprint density at radius 2 is 0.458 bits per heavy atom. The number of benzene rings is 8. The zero-order chi connectivity index (χ0) is 40.8. The van der Waals surface area contributed by atoms with Gasteiger partial charge in [0, 0.05) is 0 Å². The Kier molecular flexibility index (Phi) is 11.5.